The first-order valence-corrected chi connectivity index (χ1v) is 9.02. The van der Waals surface area contributed by atoms with Gasteiger partial charge in [0.1, 0.15) is 12.4 Å². The molecule has 1 N–H and O–H groups in total. The van der Waals surface area contributed by atoms with Crippen LogP contribution >= 0.6 is 0 Å². The van der Waals surface area contributed by atoms with Gasteiger partial charge in [-0.1, -0.05) is 24.3 Å². The van der Waals surface area contributed by atoms with E-state index in [2.05, 4.69) is 10.4 Å². The molecule has 2 aromatic carbocycles. The van der Waals surface area contributed by atoms with Gasteiger partial charge in [-0.2, -0.15) is 5.10 Å². The van der Waals surface area contributed by atoms with Crippen LogP contribution in [0.4, 0.5) is 5.69 Å². The summed E-state index contributed by atoms with van der Waals surface area (Å²) in [5.74, 6) is -0.114. The summed E-state index contributed by atoms with van der Waals surface area (Å²) in [6.45, 7) is 0.637. The number of methoxy groups -OCH3 is 1. The molecule has 1 aromatic heterocycles. The van der Waals surface area contributed by atoms with Gasteiger partial charge in [0.2, 0.25) is 5.91 Å². The molecule has 3 aromatic rings. The highest BCUT2D eigenvalue weighted by molar-refractivity contribution is 6.06. The number of carbonyl (C=O) groups is 2. The summed E-state index contributed by atoms with van der Waals surface area (Å²) in [7, 11) is 1.60. The summed E-state index contributed by atoms with van der Waals surface area (Å²) in [6.07, 6.45) is 6.53. The molecule has 0 bridgehead atoms. The Kier molecular flexibility index (Phi) is 6.78. The predicted octanol–water partition coefficient (Wildman–Crippen LogP) is 3.40. The first kappa shape index (κ1) is 19.9. The van der Waals surface area contributed by atoms with Gasteiger partial charge < -0.3 is 14.8 Å². The molecule has 0 spiro atoms. The zero-order valence-corrected chi connectivity index (χ0v) is 15.9. The molecule has 7 heteroatoms. The number of carbonyl (C=O) groups excluding carboxylic acids is 2. The number of para-hydroxylation sites is 1. The first-order valence-electron chi connectivity index (χ1n) is 9.02. The molecule has 0 atom stereocenters. The van der Waals surface area contributed by atoms with Crippen LogP contribution in [0.1, 0.15) is 15.9 Å². The zero-order valence-electron chi connectivity index (χ0n) is 15.9. The summed E-state index contributed by atoms with van der Waals surface area (Å²) >= 11 is 0. The van der Waals surface area contributed by atoms with E-state index in [-0.39, 0.29) is 12.5 Å². The van der Waals surface area contributed by atoms with Crippen molar-refractivity contribution in [2.45, 2.75) is 6.54 Å². The van der Waals surface area contributed by atoms with E-state index in [1.165, 1.54) is 6.08 Å². The quantitative estimate of drug-likeness (QED) is 0.470. The molecular weight excluding hydrogens is 370 g/mol. The molecule has 1 amide bonds. The Morgan fingerprint density at radius 1 is 1.10 bits per heavy atom. The van der Waals surface area contributed by atoms with E-state index in [0.717, 1.165) is 11.3 Å². The first-order chi connectivity index (χ1) is 14.2. The second-order valence-electron chi connectivity index (χ2n) is 6.05. The number of hydrogen-bond donors (Lipinski definition) is 1. The summed E-state index contributed by atoms with van der Waals surface area (Å²) in [4.78, 5) is 24.6. The molecule has 0 saturated carbocycles. The maximum absolute atomic E-state index is 12.4. The Labute approximate surface area is 168 Å². The van der Waals surface area contributed by atoms with E-state index < -0.39 is 5.97 Å². The third-order valence-electron chi connectivity index (χ3n) is 4.06. The third kappa shape index (κ3) is 5.80. The molecular formula is C22H21N3O4. The summed E-state index contributed by atoms with van der Waals surface area (Å²) in [6, 6.07) is 15.8. The molecule has 1 heterocycles. The number of anilines is 1. The monoisotopic (exact) mass is 391 g/mol. The maximum Gasteiger partial charge on any atom is 0.340 e. The van der Waals surface area contributed by atoms with Gasteiger partial charge in [0.15, 0.2) is 0 Å². The lowest BCUT2D eigenvalue weighted by Gasteiger charge is -2.10. The van der Waals surface area contributed by atoms with Gasteiger partial charge >= 0.3 is 5.97 Å². The maximum atomic E-state index is 12.4. The molecule has 0 saturated heterocycles. The average molecular weight is 391 g/mol. The van der Waals surface area contributed by atoms with Gasteiger partial charge in [-0.3, -0.25) is 9.48 Å². The minimum atomic E-state index is -0.507. The van der Waals surface area contributed by atoms with E-state index in [9.17, 15) is 9.59 Å². The van der Waals surface area contributed by atoms with Crippen LogP contribution in [-0.4, -0.2) is 35.4 Å². The van der Waals surface area contributed by atoms with Crippen LogP contribution in [-0.2, 0) is 16.1 Å². The number of esters is 1. The molecule has 148 valence electrons. The van der Waals surface area contributed by atoms with Crippen molar-refractivity contribution < 1.29 is 19.1 Å². The minimum absolute atomic E-state index is 0.181. The van der Waals surface area contributed by atoms with Crippen molar-refractivity contribution in [3.63, 3.8) is 0 Å². The number of rotatable bonds is 8. The number of hydrogen-bond acceptors (Lipinski definition) is 5. The Hall–Kier alpha value is -3.87. The highest BCUT2D eigenvalue weighted by Crippen LogP contribution is 2.17. The van der Waals surface area contributed by atoms with Crippen LogP contribution in [0.25, 0.3) is 6.08 Å². The minimum Gasteiger partial charge on any atom is -0.497 e. The fourth-order valence-corrected chi connectivity index (χ4v) is 2.57. The van der Waals surface area contributed by atoms with Gasteiger partial charge in [0.25, 0.3) is 0 Å². The second-order valence-corrected chi connectivity index (χ2v) is 6.05. The molecule has 0 radical (unpaired) electrons. The SMILES string of the molecule is COc1ccc(/C=C/C(=O)Nc2ccccc2C(=O)OCCn2cccn2)cc1. The fourth-order valence-electron chi connectivity index (χ4n) is 2.57. The van der Waals surface area contributed by atoms with Gasteiger partial charge in [0, 0.05) is 18.5 Å². The molecule has 0 aliphatic rings. The largest absolute Gasteiger partial charge is 0.497 e. The molecule has 3 rings (SSSR count). The van der Waals surface area contributed by atoms with Crippen LogP contribution < -0.4 is 10.1 Å². The van der Waals surface area contributed by atoms with Crippen molar-refractivity contribution in [3.8, 4) is 5.75 Å². The molecule has 0 fully saturated rings. The number of amides is 1. The van der Waals surface area contributed by atoms with Crippen molar-refractivity contribution in [1.82, 2.24) is 9.78 Å². The number of ether oxygens (including phenoxy) is 2. The van der Waals surface area contributed by atoms with Gasteiger partial charge in [0.05, 0.1) is 24.9 Å². The fraction of sp³-hybridized carbons (Fsp3) is 0.136. The van der Waals surface area contributed by atoms with E-state index in [4.69, 9.17) is 9.47 Å². The number of nitrogens with zero attached hydrogens (tertiary/aromatic N) is 2. The van der Waals surface area contributed by atoms with E-state index in [1.807, 2.05) is 24.3 Å². The molecule has 29 heavy (non-hydrogen) atoms. The van der Waals surface area contributed by atoms with Crippen LogP contribution in [0.2, 0.25) is 0 Å². The van der Waals surface area contributed by atoms with Crippen molar-refractivity contribution in [3.05, 3.63) is 84.2 Å². The van der Waals surface area contributed by atoms with Crippen LogP contribution in [0.15, 0.2) is 73.1 Å². The third-order valence-corrected chi connectivity index (χ3v) is 4.06. The molecule has 0 unspecified atom stereocenters. The van der Waals surface area contributed by atoms with Crippen molar-refractivity contribution in [1.29, 1.82) is 0 Å². The Morgan fingerprint density at radius 2 is 1.90 bits per heavy atom. The Morgan fingerprint density at radius 3 is 2.62 bits per heavy atom. The zero-order chi connectivity index (χ0) is 20.5. The lowest BCUT2D eigenvalue weighted by atomic mass is 10.1. The summed E-state index contributed by atoms with van der Waals surface area (Å²) < 4.78 is 12.1. The highest BCUT2D eigenvalue weighted by Gasteiger charge is 2.13. The van der Waals surface area contributed by atoms with Crippen molar-refractivity contribution in [2.75, 3.05) is 19.0 Å². The second kappa shape index (κ2) is 9.89. The van der Waals surface area contributed by atoms with Crippen LogP contribution in [0.3, 0.4) is 0 Å². The lowest BCUT2D eigenvalue weighted by Crippen LogP contribution is -2.15. The molecule has 7 nitrogen and oxygen atoms in total. The standard InChI is InChI=1S/C22H21N3O4/c1-28-18-10-7-17(8-11-18)9-12-21(26)24-20-6-3-2-5-19(20)22(27)29-16-15-25-14-4-13-23-25/h2-14H,15-16H2,1H3,(H,24,26)/b12-9+. The summed E-state index contributed by atoms with van der Waals surface area (Å²) in [5.41, 5.74) is 1.53. The molecule has 0 aliphatic carbocycles. The average Bonchev–Trinajstić information content (AvgIpc) is 3.26. The Balaban J connectivity index is 1.59. The molecule has 0 aliphatic heterocycles. The predicted molar refractivity (Wildman–Crippen MR) is 110 cm³/mol. The topological polar surface area (TPSA) is 82.5 Å². The van der Waals surface area contributed by atoms with Gasteiger partial charge in [-0.05, 0) is 42.0 Å². The van der Waals surface area contributed by atoms with Crippen molar-refractivity contribution >= 4 is 23.6 Å². The highest BCUT2D eigenvalue weighted by atomic mass is 16.5. The number of nitrogens with one attached hydrogen (secondary N) is 1. The van der Waals surface area contributed by atoms with E-state index in [1.54, 1.807) is 60.6 Å². The van der Waals surface area contributed by atoms with Gasteiger partial charge in [-0.25, -0.2) is 4.79 Å². The smallest absolute Gasteiger partial charge is 0.340 e. The van der Waals surface area contributed by atoms with Crippen LogP contribution in [0.5, 0.6) is 5.75 Å². The number of aromatic nitrogens is 2. The summed E-state index contributed by atoms with van der Waals surface area (Å²) in [5, 5.41) is 6.77. The van der Waals surface area contributed by atoms with Crippen molar-refractivity contribution in [2.24, 2.45) is 0 Å². The van der Waals surface area contributed by atoms with Gasteiger partial charge in [-0.15, -0.1) is 0 Å². The lowest BCUT2D eigenvalue weighted by molar-refractivity contribution is -0.111. The van der Waals surface area contributed by atoms with E-state index in [0.29, 0.717) is 17.8 Å². The Bertz CT molecular complexity index is 980. The normalized spacial score (nSPS) is 10.7. The van der Waals surface area contributed by atoms with E-state index >= 15 is 0 Å². The van der Waals surface area contributed by atoms with Crippen LogP contribution in [0, 0.1) is 0 Å². The number of benzene rings is 2.